The fourth-order valence-electron chi connectivity index (χ4n) is 4.64. The van der Waals surface area contributed by atoms with Gasteiger partial charge in [-0.1, -0.05) is 84.4 Å². The minimum atomic E-state index is -0.372. The summed E-state index contributed by atoms with van der Waals surface area (Å²) in [5.41, 5.74) is 7.87. The maximum absolute atomic E-state index is 12.8. The van der Waals surface area contributed by atoms with Crippen LogP contribution in [0, 0.1) is 5.92 Å². The standard InChI is InChI=1S/C27H29BrN2O2/c1-18(2)21-10-8-20(9-11-21)16-30-17-25(23-15-22(28)12-13-26(23)30)24(27(31)29-32)14-19-6-4-3-5-7-19/h3-13,15,18,24-25,32H,14,16-17H2,1-2H3,(H,29,31). The maximum atomic E-state index is 12.8. The molecule has 1 heterocycles. The smallest absolute Gasteiger partial charge is 0.247 e. The second-order valence-corrected chi connectivity index (χ2v) is 9.77. The van der Waals surface area contributed by atoms with Crippen LogP contribution in [0.4, 0.5) is 5.69 Å². The Hall–Kier alpha value is -2.63. The van der Waals surface area contributed by atoms with Crippen molar-refractivity contribution in [1.82, 2.24) is 5.48 Å². The normalized spacial score (nSPS) is 16.2. The summed E-state index contributed by atoms with van der Waals surface area (Å²) in [4.78, 5) is 15.1. The van der Waals surface area contributed by atoms with Gasteiger partial charge in [-0.15, -0.1) is 0 Å². The number of amides is 1. The number of hydroxylamine groups is 1. The average molecular weight is 493 g/mol. The van der Waals surface area contributed by atoms with Crippen LogP contribution in [0.15, 0.2) is 77.3 Å². The number of rotatable bonds is 7. The van der Waals surface area contributed by atoms with Crippen LogP contribution in [0.5, 0.6) is 0 Å². The molecule has 4 rings (SSSR count). The third kappa shape index (κ3) is 4.89. The van der Waals surface area contributed by atoms with E-state index in [1.807, 2.05) is 41.9 Å². The molecule has 0 bridgehead atoms. The van der Waals surface area contributed by atoms with Gasteiger partial charge >= 0.3 is 0 Å². The molecule has 1 aliphatic heterocycles. The first kappa shape index (κ1) is 22.6. The van der Waals surface area contributed by atoms with Gasteiger partial charge in [0.25, 0.3) is 0 Å². The minimum Gasteiger partial charge on any atom is -0.366 e. The highest BCUT2D eigenvalue weighted by atomic mass is 79.9. The molecule has 0 fully saturated rings. The van der Waals surface area contributed by atoms with Crippen LogP contribution < -0.4 is 10.4 Å². The van der Waals surface area contributed by atoms with Crippen molar-refractivity contribution in [2.75, 3.05) is 11.4 Å². The lowest BCUT2D eigenvalue weighted by molar-refractivity contribution is -0.134. The highest BCUT2D eigenvalue weighted by molar-refractivity contribution is 9.10. The van der Waals surface area contributed by atoms with E-state index in [-0.39, 0.29) is 17.7 Å². The Kier molecular flexibility index (Phi) is 6.97. The number of fused-ring (bicyclic) bond motifs is 1. The highest BCUT2D eigenvalue weighted by Gasteiger charge is 2.38. The third-order valence-corrected chi connectivity index (χ3v) is 6.89. The van der Waals surface area contributed by atoms with E-state index in [1.54, 1.807) is 0 Å². The molecular formula is C27H29BrN2O2. The Morgan fingerprint density at radius 3 is 2.44 bits per heavy atom. The van der Waals surface area contributed by atoms with Gasteiger partial charge in [0.2, 0.25) is 5.91 Å². The number of hydrogen-bond acceptors (Lipinski definition) is 3. The number of carbonyl (C=O) groups excluding carboxylic acids is 1. The number of benzene rings is 3. The molecule has 3 aromatic rings. The lowest BCUT2D eigenvalue weighted by Gasteiger charge is -2.24. The quantitative estimate of drug-likeness (QED) is 0.312. The van der Waals surface area contributed by atoms with Crippen molar-refractivity contribution in [3.8, 4) is 0 Å². The molecule has 0 saturated carbocycles. The van der Waals surface area contributed by atoms with Crippen molar-refractivity contribution in [3.63, 3.8) is 0 Å². The monoisotopic (exact) mass is 492 g/mol. The lowest BCUT2D eigenvalue weighted by Crippen LogP contribution is -2.35. The number of hydrogen-bond donors (Lipinski definition) is 2. The fraction of sp³-hybridized carbons (Fsp3) is 0.296. The molecule has 0 spiro atoms. The molecule has 166 valence electrons. The first-order chi connectivity index (χ1) is 15.5. The Bertz CT molecular complexity index is 1070. The molecule has 2 atom stereocenters. The summed E-state index contributed by atoms with van der Waals surface area (Å²) >= 11 is 3.60. The predicted octanol–water partition coefficient (Wildman–Crippen LogP) is 6.04. The lowest BCUT2D eigenvalue weighted by atomic mass is 9.83. The number of anilines is 1. The van der Waals surface area contributed by atoms with Crippen molar-refractivity contribution in [2.45, 2.75) is 38.6 Å². The van der Waals surface area contributed by atoms with Crippen molar-refractivity contribution >= 4 is 27.5 Å². The fourth-order valence-corrected chi connectivity index (χ4v) is 5.01. The first-order valence-electron chi connectivity index (χ1n) is 11.1. The Labute approximate surface area is 198 Å². The molecule has 1 amide bonds. The zero-order valence-corrected chi connectivity index (χ0v) is 20.0. The van der Waals surface area contributed by atoms with Gasteiger partial charge in [0, 0.05) is 29.2 Å². The predicted molar refractivity (Wildman–Crippen MR) is 132 cm³/mol. The van der Waals surface area contributed by atoms with E-state index in [4.69, 9.17) is 0 Å². The summed E-state index contributed by atoms with van der Waals surface area (Å²) in [6.07, 6.45) is 0.570. The Morgan fingerprint density at radius 2 is 1.78 bits per heavy atom. The maximum Gasteiger partial charge on any atom is 0.247 e. The summed E-state index contributed by atoms with van der Waals surface area (Å²) in [5.74, 6) is -0.226. The first-order valence-corrected chi connectivity index (χ1v) is 11.9. The van der Waals surface area contributed by atoms with Crippen LogP contribution >= 0.6 is 15.9 Å². The van der Waals surface area contributed by atoms with Gasteiger partial charge in [0.1, 0.15) is 0 Å². The summed E-state index contributed by atoms with van der Waals surface area (Å²) in [6.45, 7) is 5.91. The second kappa shape index (κ2) is 9.88. The van der Waals surface area contributed by atoms with E-state index in [1.165, 1.54) is 11.1 Å². The molecule has 1 aliphatic rings. The Morgan fingerprint density at radius 1 is 1.06 bits per heavy atom. The largest absolute Gasteiger partial charge is 0.366 e. The highest BCUT2D eigenvalue weighted by Crippen LogP contribution is 2.43. The molecule has 2 unspecified atom stereocenters. The zero-order valence-electron chi connectivity index (χ0n) is 18.5. The van der Waals surface area contributed by atoms with Crippen LogP contribution in [0.1, 0.15) is 47.9 Å². The average Bonchev–Trinajstić information content (AvgIpc) is 3.15. The number of nitrogens with zero attached hydrogens (tertiary/aromatic N) is 1. The molecule has 4 nitrogen and oxygen atoms in total. The number of halogens is 1. The van der Waals surface area contributed by atoms with Crippen LogP contribution in [0.3, 0.4) is 0 Å². The van der Waals surface area contributed by atoms with E-state index in [2.05, 4.69) is 71.1 Å². The van der Waals surface area contributed by atoms with Crippen molar-refractivity contribution in [3.05, 3.63) is 99.5 Å². The minimum absolute atomic E-state index is 0.0233. The number of carbonyl (C=O) groups is 1. The molecule has 2 N–H and O–H groups in total. The molecule has 0 saturated heterocycles. The van der Waals surface area contributed by atoms with E-state index < -0.39 is 0 Å². The van der Waals surface area contributed by atoms with Gasteiger partial charge in [0.05, 0.1) is 5.92 Å². The van der Waals surface area contributed by atoms with Crippen LogP contribution in [0.2, 0.25) is 0 Å². The SMILES string of the molecule is CC(C)c1ccc(CN2CC(C(Cc3ccccc3)C(=O)NO)c3cc(Br)ccc32)cc1. The van der Waals surface area contributed by atoms with Gasteiger partial charge in [-0.05, 0) is 52.8 Å². The second-order valence-electron chi connectivity index (χ2n) is 8.86. The Balaban J connectivity index is 1.64. The van der Waals surface area contributed by atoms with E-state index in [0.717, 1.165) is 34.4 Å². The van der Waals surface area contributed by atoms with Crippen molar-refractivity contribution < 1.29 is 10.0 Å². The molecule has 5 heteroatoms. The molecular weight excluding hydrogens is 464 g/mol. The summed E-state index contributed by atoms with van der Waals surface area (Å²) in [6, 6.07) is 25.1. The summed E-state index contributed by atoms with van der Waals surface area (Å²) in [5, 5.41) is 9.50. The zero-order chi connectivity index (χ0) is 22.7. The molecule has 0 aromatic heterocycles. The van der Waals surface area contributed by atoms with E-state index in [9.17, 15) is 10.0 Å². The van der Waals surface area contributed by atoms with Gasteiger partial charge in [-0.2, -0.15) is 0 Å². The van der Waals surface area contributed by atoms with Gasteiger partial charge < -0.3 is 4.90 Å². The molecule has 32 heavy (non-hydrogen) atoms. The summed E-state index contributed by atoms with van der Waals surface area (Å²) < 4.78 is 0.993. The van der Waals surface area contributed by atoms with Crippen molar-refractivity contribution in [2.24, 2.45) is 5.92 Å². The van der Waals surface area contributed by atoms with Gasteiger partial charge in [-0.25, -0.2) is 5.48 Å². The molecule has 0 aliphatic carbocycles. The van der Waals surface area contributed by atoms with Crippen LogP contribution in [-0.2, 0) is 17.8 Å². The summed E-state index contributed by atoms with van der Waals surface area (Å²) in [7, 11) is 0. The molecule has 3 aromatic carbocycles. The van der Waals surface area contributed by atoms with Gasteiger partial charge in [-0.3, -0.25) is 10.0 Å². The van der Waals surface area contributed by atoms with E-state index >= 15 is 0 Å². The van der Waals surface area contributed by atoms with Crippen molar-refractivity contribution in [1.29, 1.82) is 0 Å². The molecule has 0 radical (unpaired) electrons. The van der Waals surface area contributed by atoms with Crippen LogP contribution in [-0.4, -0.2) is 17.7 Å². The van der Waals surface area contributed by atoms with Crippen LogP contribution in [0.25, 0.3) is 0 Å². The third-order valence-electron chi connectivity index (χ3n) is 6.40. The topological polar surface area (TPSA) is 52.6 Å². The van der Waals surface area contributed by atoms with Gasteiger partial charge in [0.15, 0.2) is 0 Å². The number of nitrogens with one attached hydrogen (secondary N) is 1. The van der Waals surface area contributed by atoms with E-state index in [0.29, 0.717) is 12.3 Å².